The fraction of sp³-hybridized carbons (Fsp3) is 0.550. The Morgan fingerprint density at radius 2 is 1.92 bits per heavy atom. The third-order valence-corrected chi connectivity index (χ3v) is 4.22. The summed E-state index contributed by atoms with van der Waals surface area (Å²) in [7, 11) is 0. The molecule has 0 fully saturated rings. The molecule has 1 aromatic carbocycles. The van der Waals surface area contributed by atoms with E-state index in [1.807, 2.05) is 12.1 Å². The molecule has 0 aliphatic heterocycles. The number of hydrogen-bond acceptors (Lipinski definition) is 4. The van der Waals surface area contributed by atoms with Crippen LogP contribution in [0.4, 0.5) is 0 Å². The van der Waals surface area contributed by atoms with Crippen LogP contribution in [-0.2, 0) is 11.2 Å². The van der Waals surface area contributed by atoms with Gasteiger partial charge < -0.3 is 9.84 Å². The lowest BCUT2D eigenvalue weighted by Crippen LogP contribution is -2.24. The highest BCUT2D eigenvalue weighted by Gasteiger charge is 2.11. The molecule has 0 bridgehead atoms. The van der Waals surface area contributed by atoms with Crippen LogP contribution >= 0.6 is 0 Å². The summed E-state index contributed by atoms with van der Waals surface area (Å²) in [4.78, 5) is 16.2. The van der Waals surface area contributed by atoms with Crippen molar-refractivity contribution in [1.82, 2.24) is 15.5 Å². The van der Waals surface area contributed by atoms with Crippen molar-refractivity contribution in [3.63, 3.8) is 0 Å². The number of aromatic nitrogens is 2. The summed E-state index contributed by atoms with van der Waals surface area (Å²) < 4.78 is 5.26. The molecule has 0 spiro atoms. The molecule has 136 valence electrons. The zero-order chi connectivity index (χ0) is 18.1. The maximum atomic E-state index is 11.8. The van der Waals surface area contributed by atoms with Gasteiger partial charge in [-0.1, -0.05) is 69.5 Å². The van der Waals surface area contributed by atoms with Gasteiger partial charge in [-0.05, 0) is 17.9 Å². The standard InChI is InChI=1S/C20H29N3O2/c1-4-5-6-7-14-21-18(24)12-13-19-22-20(23-25-19)17-10-8-16(9-11-17)15(2)3/h8-11,15H,4-7,12-14H2,1-3H3,(H,21,24). The molecular formula is C20H29N3O2. The monoisotopic (exact) mass is 343 g/mol. The second-order valence-electron chi connectivity index (χ2n) is 6.70. The van der Waals surface area contributed by atoms with Gasteiger partial charge in [0.15, 0.2) is 0 Å². The first-order valence-electron chi connectivity index (χ1n) is 9.29. The SMILES string of the molecule is CCCCCCNC(=O)CCc1nc(-c2ccc(C(C)C)cc2)no1. The molecule has 1 heterocycles. The Morgan fingerprint density at radius 1 is 1.16 bits per heavy atom. The van der Waals surface area contributed by atoms with Crippen molar-refractivity contribution in [3.8, 4) is 11.4 Å². The highest BCUT2D eigenvalue weighted by molar-refractivity contribution is 5.75. The fourth-order valence-corrected chi connectivity index (χ4v) is 2.58. The molecule has 0 saturated carbocycles. The van der Waals surface area contributed by atoms with E-state index < -0.39 is 0 Å². The van der Waals surface area contributed by atoms with Crippen molar-refractivity contribution in [2.45, 2.75) is 65.2 Å². The molecule has 5 heteroatoms. The van der Waals surface area contributed by atoms with Crippen molar-refractivity contribution < 1.29 is 9.32 Å². The number of rotatable bonds is 10. The Kier molecular flexibility index (Phi) is 7.64. The molecule has 0 unspecified atom stereocenters. The molecule has 25 heavy (non-hydrogen) atoms. The average molecular weight is 343 g/mol. The number of amides is 1. The molecule has 0 aliphatic rings. The molecule has 0 saturated heterocycles. The lowest BCUT2D eigenvalue weighted by molar-refractivity contribution is -0.121. The van der Waals surface area contributed by atoms with E-state index in [1.165, 1.54) is 24.8 Å². The number of hydrogen-bond donors (Lipinski definition) is 1. The molecule has 1 amide bonds. The summed E-state index contributed by atoms with van der Waals surface area (Å²) in [6, 6.07) is 8.18. The molecule has 1 aromatic heterocycles. The van der Waals surface area contributed by atoms with E-state index in [4.69, 9.17) is 4.52 Å². The minimum atomic E-state index is 0.0394. The highest BCUT2D eigenvalue weighted by atomic mass is 16.5. The van der Waals surface area contributed by atoms with Crippen LogP contribution in [0.25, 0.3) is 11.4 Å². The summed E-state index contributed by atoms with van der Waals surface area (Å²) in [5.41, 5.74) is 2.21. The van der Waals surface area contributed by atoms with E-state index in [-0.39, 0.29) is 5.91 Å². The normalized spacial score (nSPS) is 11.0. The number of aryl methyl sites for hydroxylation is 1. The van der Waals surface area contributed by atoms with E-state index in [9.17, 15) is 4.79 Å². The van der Waals surface area contributed by atoms with Gasteiger partial charge >= 0.3 is 0 Å². The molecule has 5 nitrogen and oxygen atoms in total. The van der Waals surface area contributed by atoms with Gasteiger partial charge in [-0.2, -0.15) is 4.98 Å². The van der Waals surface area contributed by atoms with Gasteiger partial charge in [0, 0.05) is 24.9 Å². The predicted octanol–water partition coefficient (Wildman–Crippen LogP) is 4.49. The molecular weight excluding hydrogens is 314 g/mol. The number of nitrogens with one attached hydrogen (secondary N) is 1. The fourth-order valence-electron chi connectivity index (χ4n) is 2.58. The largest absolute Gasteiger partial charge is 0.356 e. The van der Waals surface area contributed by atoms with Crippen molar-refractivity contribution in [1.29, 1.82) is 0 Å². The van der Waals surface area contributed by atoms with Crippen LogP contribution in [-0.4, -0.2) is 22.6 Å². The zero-order valence-electron chi connectivity index (χ0n) is 15.5. The summed E-state index contributed by atoms with van der Waals surface area (Å²) in [6.45, 7) is 7.25. The van der Waals surface area contributed by atoms with Crippen molar-refractivity contribution in [2.75, 3.05) is 6.54 Å². The topological polar surface area (TPSA) is 68.0 Å². The predicted molar refractivity (Wildman–Crippen MR) is 99.3 cm³/mol. The van der Waals surface area contributed by atoms with Crippen LogP contribution in [0.1, 0.15) is 70.2 Å². The second-order valence-corrected chi connectivity index (χ2v) is 6.70. The number of benzene rings is 1. The number of carbonyl (C=O) groups is 1. The average Bonchev–Trinajstić information content (AvgIpc) is 3.09. The second kappa shape index (κ2) is 9.97. The quantitative estimate of drug-likeness (QED) is 0.645. The Hall–Kier alpha value is -2.17. The lowest BCUT2D eigenvalue weighted by Gasteiger charge is -2.04. The first-order chi connectivity index (χ1) is 12.1. The third-order valence-electron chi connectivity index (χ3n) is 4.22. The maximum Gasteiger partial charge on any atom is 0.227 e. The van der Waals surface area contributed by atoms with E-state index in [0.717, 1.165) is 18.5 Å². The molecule has 1 N–H and O–H groups in total. The summed E-state index contributed by atoms with van der Waals surface area (Å²) in [5.74, 6) is 1.61. The minimum Gasteiger partial charge on any atom is -0.356 e. The number of unbranched alkanes of at least 4 members (excludes halogenated alkanes) is 3. The van der Waals surface area contributed by atoms with Gasteiger partial charge in [0.25, 0.3) is 0 Å². The Labute approximate surface area is 150 Å². The Balaban J connectivity index is 1.78. The van der Waals surface area contributed by atoms with E-state index in [0.29, 0.717) is 30.5 Å². The summed E-state index contributed by atoms with van der Waals surface area (Å²) >= 11 is 0. The molecule has 2 aromatic rings. The molecule has 2 rings (SSSR count). The third kappa shape index (κ3) is 6.33. The first kappa shape index (κ1) is 19.2. The summed E-state index contributed by atoms with van der Waals surface area (Å²) in [5, 5.41) is 6.96. The van der Waals surface area contributed by atoms with Gasteiger partial charge in [-0.3, -0.25) is 4.79 Å². The highest BCUT2D eigenvalue weighted by Crippen LogP contribution is 2.20. The molecule has 0 radical (unpaired) electrons. The van der Waals surface area contributed by atoms with Crippen LogP contribution in [0.3, 0.4) is 0 Å². The molecule has 0 aliphatic carbocycles. The van der Waals surface area contributed by atoms with Gasteiger partial charge in [0.2, 0.25) is 17.6 Å². The van der Waals surface area contributed by atoms with Gasteiger partial charge in [-0.25, -0.2) is 0 Å². The van der Waals surface area contributed by atoms with Crippen LogP contribution in [0.5, 0.6) is 0 Å². The van der Waals surface area contributed by atoms with Gasteiger partial charge in [0.1, 0.15) is 0 Å². The van der Waals surface area contributed by atoms with Crippen LogP contribution in [0.2, 0.25) is 0 Å². The van der Waals surface area contributed by atoms with E-state index in [1.54, 1.807) is 0 Å². The first-order valence-corrected chi connectivity index (χ1v) is 9.29. The van der Waals surface area contributed by atoms with Crippen LogP contribution in [0, 0.1) is 0 Å². The van der Waals surface area contributed by atoms with Crippen molar-refractivity contribution >= 4 is 5.91 Å². The Bertz CT molecular complexity index is 647. The van der Waals surface area contributed by atoms with Gasteiger partial charge in [-0.15, -0.1) is 0 Å². The Morgan fingerprint density at radius 3 is 2.60 bits per heavy atom. The van der Waals surface area contributed by atoms with E-state index in [2.05, 4.69) is 48.4 Å². The van der Waals surface area contributed by atoms with Crippen LogP contribution in [0.15, 0.2) is 28.8 Å². The van der Waals surface area contributed by atoms with E-state index >= 15 is 0 Å². The van der Waals surface area contributed by atoms with Crippen molar-refractivity contribution in [2.24, 2.45) is 0 Å². The maximum absolute atomic E-state index is 11.8. The number of nitrogens with zero attached hydrogens (tertiary/aromatic N) is 2. The summed E-state index contributed by atoms with van der Waals surface area (Å²) in [6.07, 6.45) is 5.47. The zero-order valence-corrected chi connectivity index (χ0v) is 15.5. The van der Waals surface area contributed by atoms with Crippen LogP contribution < -0.4 is 5.32 Å². The van der Waals surface area contributed by atoms with Gasteiger partial charge in [0.05, 0.1) is 0 Å². The number of carbonyl (C=O) groups excluding carboxylic acids is 1. The van der Waals surface area contributed by atoms with Crippen molar-refractivity contribution in [3.05, 3.63) is 35.7 Å². The lowest BCUT2D eigenvalue weighted by atomic mass is 10.0. The molecule has 0 atom stereocenters. The minimum absolute atomic E-state index is 0.0394. The smallest absolute Gasteiger partial charge is 0.227 e.